The van der Waals surface area contributed by atoms with Crippen molar-refractivity contribution in [3.05, 3.63) is 29.8 Å². The SMILES string of the molecule is COC(=O)c1cccc(NC(=O)N(C)C2CCS(=O)(=O)C2)c1. The van der Waals surface area contributed by atoms with Crippen molar-refractivity contribution in [2.75, 3.05) is 31.0 Å². The molecule has 1 aliphatic rings. The molecule has 0 aromatic heterocycles. The lowest BCUT2D eigenvalue weighted by molar-refractivity contribution is 0.0600. The highest BCUT2D eigenvalue weighted by molar-refractivity contribution is 7.91. The Morgan fingerprint density at radius 3 is 2.68 bits per heavy atom. The fourth-order valence-corrected chi connectivity index (χ4v) is 4.07. The van der Waals surface area contributed by atoms with Gasteiger partial charge in [0.25, 0.3) is 0 Å². The Bertz CT molecular complexity index is 686. The van der Waals surface area contributed by atoms with Crippen LogP contribution in [0.5, 0.6) is 0 Å². The Hall–Kier alpha value is -2.09. The second kappa shape index (κ2) is 6.35. The molecule has 8 heteroatoms. The molecule has 0 bridgehead atoms. The summed E-state index contributed by atoms with van der Waals surface area (Å²) in [5.74, 6) is -0.405. The molecule has 1 saturated heterocycles. The number of amides is 2. The van der Waals surface area contributed by atoms with Gasteiger partial charge in [-0.2, -0.15) is 0 Å². The quantitative estimate of drug-likeness (QED) is 0.840. The number of benzene rings is 1. The molecule has 0 saturated carbocycles. The zero-order valence-electron chi connectivity index (χ0n) is 12.4. The lowest BCUT2D eigenvalue weighted by Gasteiger charge is -2.23. The number of sulfone groups is 1. The van der Waals surface area contributed by atoms with Crippen LogP contribution in [0.3, 0.4) is 0 Å². The summed E-state index contributed by atoms with van der Waals surface area (Å²) in [5, 5.41) is 2.65. The molecule has 22 heavy (non-hydrogen) atoms. The Morgan fingerprint density at radius 1 is 1.36 bits per heavy atom. The van der Waals surface area contributed by atoms with Gasteiger partial charge in [0.1, 0.15) is 0 Å². The number of methoxy groups -OCH3 is 1. The summed E-state index contributed by atoms with van der Waals surface area (Å²) in [4.78, 5) is 25.0. The maximum Gasteiger partial charge on any atom is 0.337 e. The number of hydrogen-bond acceptors (Lipinski definition) is 5. The average molecular weight is 326 g/mol. The lowest BCUT2D eigenvalue weighted by Crippen LogP contribution is -2.40. The average Bonchev–Trinajstić information content (AvgIpc) is 2.86. The standard InChI is InChI=1S/C14H18N2O5S/c1-16(12-6-7-22(19,20)9-12)14(18)15-11-5-3-4-10(8-11)13(17)21-2/h3-5,8,12H,6-7,9H2,1-2H3,(H,15,18). The summed E-state index contributed by atoms with van der Waals surface area (Å²) < 4.78 is 27.6. The highest BCUT2D eigenvalue weighted by Gasteiger charge is 2.32. The molecule has 1 fully saturated rings. The number of anilines is 1. The second-order valence-corrected chi connectivity index (χ2v) is 7.40. The zero-order valence-corrected chi connectivity index (χ0v) is 13.2. The van der Waals surface area contributed by atoms with E-state index in [2.05, 4.69) is 10.1 Å². The number of carbonyl (C=O) groups excluding carboxylic acids is 2. The fourth-order valence-electron chi connectivity index (χ4n) is 2.30. The van der Waals surface area contributed by atoms with E-state index in [1.165, 1.54) is 18.1 Å². The van der Waals surface area contributed by atoms with Crippen LogP contribution in [0.2, 0.25) is 0 Å². The summed E-state index contributed by atoms with van der Waals surface area (Å²) in [6.45, 7) is 0. The Balaban J connectivity index is 2.04. The van der Waals surface area contributed by atoms with Crippen molar-refractivity contribution in [2.45, 2.75) is 12.5 Å². The maximum absolute atomic E-state index is 12.2. The summed E-state index contributed by atoms with van der Waals surface area (Å²) >= 11 is 0. The topological polar surface area (TPSA) is 92.8 Å². The number of hydrogen-bond donors (Lipinski definition) is 1. The normalized spacial score (nSPS) is 19.5. The predicted molar refractivity (Wildman–Crippen MR) is 81.6 cm³/mol. The van der Waals surface area contributed by atoms with Crippen LogP contribution in [0, 0.1) is 0 Å². The molecule has 1 aliphatic heterocycles. The number of carbonyl (C=O) groups is 2. The Morgan fingerprint density at radius 2 is 2.09 bits per heavy atom. The molecule has 1 aromatic rings. The van der Waals surface area contributed by atoms with Gasteiger partial charge in [0.15, 0.2) is 9.84 Å². The van der Waals surface area contributed by atoms with Gasteiger partial charge in [-0.25, -0.2) is 18.0 Å². The smallest absolute Gasteiger partial charge is 0.337 e. The monoisotopic (exact) mass is 326 g/mol. The zero-order chi connectivity index (χ0) is 16.3. The molecular formula is C14H18N2O5S. The summed E-state index contributed by atoms with van der Waals surface area (Å²) in [7, 11) is -0.211. The number of urea groups is 1. The van der Waals surface area contributed by atoms with Crippen molar-refractivity contribution >= 4 is 27.5 Å². The minimum atomic E-state index is -3.05. The molecule has 120 valence electrons. The molecule has 1 atom stereocenters. The molecule has 0 spiro atoms. The lowest BCUT2D eigenvalue weighted by atomic mass is 10.2. The predicted octanol–water partition coefficient (Wildman–Crippen LogP) is 1.12. The van der Waals surface area contributed by atoms with E-state index in [9.17, 15) is 18.0 Å². The molecule has 2 rings (SSSR count). The van der Waals surface area contributed by atoms with E-state index in [0.29, 0.717) is 17.7 Å². The molecule has 0 radical (unpaired) electrons. The third-order valence-corrected chi connectivity index (χ3v) is 5.36. The number of esters is 1. The van der Waals surface area contributed by atoms with E-state index in [0.717, 1.165) is 0 Å². The Kier molecular flexibility index (Phi) is 4.70. The Labute approximate surface area is 129 Å². The van der Waals surface area contributed by atoms with Crippen LogP contribution in [0.4, 0.5) is 10.5 Å². The van der Waals surface area contributed by atoms with Gasteiger partial charge >= 0.3 is 12.0 Å². The third kappa shape index (κ3) is 3.76. The van der Waals surface area contributed by atoms with Crippen molar-refractivity contribution in [3.63, 3.8) is 0 Å². The molecule has 1 unspecified atom stereocenters. The number of ether oxygens (including phenoxy) is 1. The van der Waals surface area contributed by atoms with E-state index in [-0.39, 0.29) is 17.5 Å². The first-order valence-corrected chi connectivity index (χ1v) is 8.57. The van der Waals surface area contributed by atoms with E-state index < -0.39 is 21.8 Å². The van der Waals surface area contributed by atoms with Gasteiger partial charge in [0.05, 0.1) is 24.2 Å². The first kappa shape index (κ1) is 16.3. The minimum absolute atomic E-state index is 0.0148. The molecule has 1 N–H and O–H groups in total. The molecule has 0 aliphatic carbocycles. The first-order valence-electron chi connectivity index (χ1n) is 6.75. The molecular weight excluding hydrogens is 308 g/mol. The number of nitrogens with zero attached hydrogens (tertiary/aromatic N) is 1. The molecule has 7 nitrogen and oxygen atoms in total. The van der Waals surface area contributed by atoms with Crippen molar-refractivity contribution < 1.29 is 22.7 Å². The van der Waals surface area contributed by atoms with Crippen LogP contribution in [0.1, 0.15) is 16.8 Å². The van der Waals surface area contributed by atoms with E-state index in [1.54, 1.807) is 25.2 Å². The van der Waals surface area contributed by atoms with E-state index in [4.69, 9.17) is 0 Å². The number of rotatable bonds is 3. The van der Waals surface area contributed by atoms with Crippen LogP contribution in [0.15, 0.2) is 24.3 Å². The van der Waals surface area contributed by atoms with Gasteiger partial charge in [-0.1, -0.05) is 6.07 Å². The van der Waals surface area contributed by atoms with Crippen molar-refractivity contribution in [2.24, 2.45) is 0 Å². The van der Waals surface area contributed by atoms with Crippen LogP contribution < -0.4 is 5.32 Å². The third-order valence-electron chi connectivity index (χ3n) is 3.61. The van der Waals surface area contributed by atoms with Crippen molar-refractivity contribution in [1.82, 2.24) is 4.90 Å². The van der Waals surface area contributed by atoms with Gasteiger partial charge in [0.2, 0.25) is 0 Å². The summed E-state index contributed by atoms with van der Waals surface area (Å²) in [5.41, 5.74) is 0.770. The van der Waals surface area contributed by atoms with E-state index in [1.807, 2.05) is 0 Å². The first-order chi connectivity index (χ1) is 10.3. The number of nitrogens with one attached hydrogen (secondary N) is 1. The van der Waals surface area contributed by atoms with Crippen LogP contribution in [-0.4, -0.2) is 57.0 Å². The maximum atomic E-state index is 12.2. The van der Waals surface area contributed by atoms with Crippen LogP contribution in [0.25, 0.3) is 0 Å². The van der Waals surface area contributed by atoms with Gasteiger partial charge in [-0.15, -0.1) is 0 Å². The van der Waals surface area contributed by atoms with Gasteiger partial charge < -0.3 is 15.0 Å². The summed E-state index contributed by atoms with van der Waals surface area (Å²) in [6.07, 6.45) is 0.439. The minimum Gasteiger partial charge on any atom is -0.465 e. The van der Waals surface area contributed by atoms with E-state index >= 15 is 0 Å². The highest BCUT2D eigenvalue weighted by Crippen LogP contribution is 2.18. The molecule has 1 heterocycles. The van der Waals surface area contributed by atoms with Gasteiger partial charge in [-0.05, 0) is 24.6 Å². The van der Waals surface area contributed by atoms with Crippen LogP contribution >= 0.6 is 0 Å². The fraction of sp³-hybridized carbons (Fsp3) is 0.429. The molecule has 2 amide bonds. The highest BCUT2D eigenvalue weighted by atomic mass is 32.2. The van der Waals surface area contributed by atoms with Crippen molar-refractivity contribution in [3.8, 4) is 0 Å². The summed E-state index contributed by atoms with van der Waals surface area (Å²) in [6, 6.07) is 5.61. The molecule has 1 aromatic carbocycles. The van der Waals surface area contributed by atoms with Gasteiger partial charge in [0, 0.05) is 18.8 Å². The van der Waals surface area contributed by atoms with Crippen LogP contribution in [-0.2, 0) is 14.6 Å². The second-order valence-electron chi connectivity index (χ2n) is 5.17. The van der Waals surface area contributed by atoms with Crippen molar-refractivity contribution in [1.29, 1.82) is 0 Å². The van der Waals surface area contributed by atoms with Gasteiger partial charge in [-0.3, -0.25) is 0 Å². The largest absolute Gasteiger partial charge is 0.465 e.